The van der Waals surface area contributed by atoms with Crippen LogP contribution < -0.4 is 11.3 Å². The SMILES string of the molecule is C/C(F)=C\c1c(C)nc([C@H](C)N)n(Cc2ccccn2)c1=O. The molecule has 1 atom stereocenters. The van der Waals surface area contributed by atoms with E-state index < -0.39 is 11.9 Å². The molecule has 5 nitrogen and oxygen atoms in total. The van der Waals surface area contributed by atoms with E-state index in [1.54, 1.807) is 26.1 Å². The number of aryl methyl sites for hydroxylation is 1. The molecular formula is C16H19FN4O. The van der Waals surface area contributed by atoms with E-state index in [0.717, 1.165) is 0 Å². The van der Waals surface area contributed by atoms with Crippen LogP contribution in [0.1, 0.15) is 42.7 Å². The molecule has 0 saturated carbocycles. The predicted molar refractivity (Wildman–Crippen MR) is 83.9 cm³/mol. The third-order valence-electron chi connectivity index (χ3n) is 3.22. The lowest BCUT2D eigenvalue weighted by Gasteiger charge is -2.16. The van der Waals surface area contributed by atoms with Crippen LogP contribution in [0.15, 0.2) is 35.0 Å². The molecule has 0 aliphatic carbocycles. The predicted octanol–water partition coefficient (Wildman–Crippen LogP) is 2.35. The fourth-order valence-electron chi connectivity index (χ4n) is 2.22. The standard InChI is InChI=1S/C16H19FN4O/c1-10(17)8-14-12(3)20-15(11(2)18)21(16(14)22)9-13-6-4-5-7-19-13/h4-8,11H,9,18H2,1-3H3/b10-8+/t11-/m0/s1. The largest absolute Gasteiger partial charge is 0.322 e. The zero-order valence-corrected chi connectivity index (χ0v) is 12.9. The Bertz CT molecular complexity index is 747. The van der Waals surface area contributed by atoms with Crippen LogP contribution in [-0.2, 0) is 6.54 Å². The Hall–Kier alpha value is -2.34. The Morgan fingerprint density at radius 3 is 2.77 bits per heavy atom. The van der Waals surface area contributed by atoms with Crippen molar-refractivity contribution in [2.75, 3.05) is 0 Å². The molecule has 0 aliphatic heterocycles. The molecule has 0 fully saturated rings. The number of allylic oxidation sites excluding steroid dienone is 1. The normalized spacial score (nSPS) is 13.2. The van der Waals surface area contributed by atoms with Gasteiger partial charge in [-0.05, 0) is 39.0 Å². The van der Waals surface area contributed by atoms with Gasteiger partial charge < -0.3 is 5.73 Å². The number of pyridine rings is 1. The fourth-order valence-corrected chi connectivity index (χ4v) is 2.22. The van der Waals surface area contributed by atoms with Crippen LogP contribution in [0.4, 0.5) is 4.39 Å². The van der Waals surface area contributed by atoms with E-state index in [9.17, 15) is 9.18 Å². The van der Waals surface area contributed by atoms with Gasteiger partial charge in [-0.15, -0.1) is 0 Å². The molecule has 2 heterocycles. The van der Waals surface area contributed by atoms with Gasteiger partial charge in [-0.1, -0.05) is 6.07 Å². The van der Waals surface area contributed by atoms with Crippen LogP contribution in [0.3, 0.4) is 0 Å². The molecular weight excluding hydrogens is 283 g/mol. The van der Waals surface area contributed by atoms with Crippen molar-refractivity contribution in [3.05, 3.63) is 63.4 Å². The second-order valence-corrected chi connectivity index (χ2v) is 5.20. The number of rotatable bonds is 4. The lowest BCUT2D eigenvalue weighted by Crippen LogP contribution is -2.31. The number of hydrogen-bond donors (Lipinski definition) is 1. The highest BCUT2D eigenvalue weighted by molar-refractivity contribution is 5.52. The van der Waals surface area contributed by atoms with Crippen LogP contribution in [0.5, 0.6) is 0 Å². The third-order valence-corrected chi connectivity index (χ3v) is 3.22. The summed E-state index contributed by atoms with van der Waals surface area (Å²) in [4.78, 5) is 21.3. The third kappa shape index (κ3) is 3.46. The number of halogens is 1. The first-order chi connectivity index (χ1) is 10.4. The highest BCUT2D eigenvalue weighted by Crippen LogP contribution is 2.13. The minimum atomic E-state index is -0.445. The molecule has 2 N–H and O–H groups in total. The van der Waals surface area contributed by atoms with Gasteiger partial charge in [0.1, 0.15) is 5.82 Å². The minimum Gasteiger partial charge on any atom is -0.322 e. The lowest BCUT2D eigenvalue weighted by molar-refractivity contribution is 0.598. The van der Waals surface area contributed by atoms with Crippen LogP contribution in [-0.4, -0.2) is 14.5 Å². The summed E-state index contributed by atoms with van der Waals surface area (Å²) in [7, 11) is 0. The van der Waals surface area contributed by atoms with Crippen molar-refractivity contribution in [2.24, 2.45) is 5.73 Å². The molecule has 0 spiro atoms. The molecule has 0 aliphatic rings. The second-order valence-electron chi connectivity index (χ2n) is 5.20. The highest BCUT2D eigenvalue weighted by atomic mass is 19.1. The summed E-state index contributed by atoms with van der Waals surface area (Å²) in [6.45, 7) is 4.97. The number of aromatic nitrogens is 3. The van der Waals surface area contributed by atoms with Gasteiger partial charge in [-0.3, -0.25) is 14.3 Å². The maximum Gasteiger partial charge on any atom is 0.261 e. The summed E-state index contributed by atoms with van der Waals surface area (Å²) in [6.07, 6.45) is 2.85. The number of hydrogen-bond acceptors (Lipinski definition) is 4. The van der Waals surface area contributed by atoms with Gasteiger partial charge in [-0.25, -0.2) is 9.37 Å². The van der Waals surface area contributed by atoms with Gasteiger partial charge in [0, 0.05) is 6.20 Å². The van der Waals surface area contributed by atoms with Crippen molar-refractivity contribution in [2.45, 2.75) is 33.4 Å². The minimum absolute atomic E-state index is 0.236. The Kier molecular flexibility index (Phi) is 4.82. The topological polar surface area (TPSA) is 73.8 Å². The summed E-state index contributed by atoms with van der Waals surface area (Å²) in [5.41, 5.74) is 7.02. The van der Waals surface area contributed by atoms with Crippen LogP contribution >= 0.6 is 0 Å². The van der Waals surface area contributed by atoms with Gasteiger partial charge in [0.2, 0.25) is 0 Å². The summed E-state index contributed by atoms with van der Waals surface area (Å²) >= 11 is 0. The second kappa shape index (κ2) is 6.62. The van der Waals surface area contributed by atoms with Crippen molar-refractivity contribution >= 4 is 6.08 Å². The van der Waals surface area contributed by atoms with E-state index in [0.29, 0.717) is 17.2 Å². The molecule has 0 radical (unpaired) electrons. The van der Waals surface area contributed by atoms with E-state index in [-0.39, 0.29) is 17.7 Å². The van der Waals surface area contributed by atoms with Crippen molar-refractivity contribution in [3.63, 3.8) is 0 Å². The molecule has 2 aromatic heterocycles. The molecule has 0 saturated heterocycles. The van der Waals surface area contributed by atoms with E-state index in [4.69, 9.17) is 5.73 Å². The van der Waals surface area contributed by atoms with E-state index in [2.05, 4.69) is 9.97 Å². The Labute approximate surface area is 128 Å². The summed E-state index contributed by atoms with van der Waals surface area (Å²) in [5.74, 6) is 0.0155. The zero-order chi connectivity index (χ0) is 16.3. The van der Waals surface area contributed by atoms with E-state index in [1.165, 1.54) is 17.6 Å². The van der Waals surface area contributed by atoms with Crippen LogP contribution in [0, 0.1) is 6.92 Å². The molecule has 116 valence electrons. The summed E-state index contributed by atoms with van der Waals surface area (Å²) < 4.78 is 14.7. The molecule has 0 unspecified atom stereocenters. The molecule has 0 amide bonds. The lowest BCUT2D eigenvalue weighted by atomic mass is 10.2. The highest BCUT2D eigenvalue weighted by Gasteiger charge is 2.16. The molecule has 0 bridgehead atoms. The molecule has 0 aromatic carbocycles. The Morgan fingerprint density at radius 2 is 2.23 bits per heavy atom. The first-order valence-electron chi connectivity index (χ1n) is 7.00. The number of nitrogens with zero attached hydrogens (tertiary/aromatic N) is 3. The van der Waals surface area contributed by atoms with Crippen LogP contribution in [0.2, 0.25) is 0 Å². The fraction of sp³-hybridized carbons (Fsp3) is 0.312. The van der Waals surface area contributed by atoms with Gasteiger partial charge in [0.15, 0.2) is 0 Å². The van der Waals surface area contributed by atoms with Gasteiger partial charge in [-0.2, -0.15) is 0 Å². The Morgan fingerprint density at radius 1 is 1.50 bits per heavy atom. The summed E-state index contributed by atoms with van der Waals surface area (Å²) in [6, 6.07) is 5.03. The average molecular weight is 302 g/mol. The molecule has 22 heavy (non-hydrogen) atoms. The smallest absolute Gasteiger partial charge is 0.261 e. The summed E-state index contributed by atoms with van der Waals surface area (Å²) in [5, 5.41) is 0. The zero-order valence-electron chi connectivity index (χ0n) is 12.9. The van der Waals surface area contributed by atoms with Gasteiger partial charge in [0.25, 0.3) is 5.56 Å². The van der Waals surface area contributed by atoms with Crippen LogP contribution in [0.25, 0.3) is 6.08 Å². The molecule has 2 rings (SSSR count). The molecule has 2 aromatic rings. The van der Waals surface area contributed by atoms with Gasteiger partial charge in [0.05, 0.1) is 35.4 Å². The van der Waals surface area contributed by atoms with Crippen molar-refractivity contribution in [1.29, 1.82) is 0 Å². The first-order valence-corrected chi connectivity index (χ1v) is 7.00. The Balaban J connectivity index is 2.64. The number of nitrogens with two attached hydrogens (primary N) is 1. The van der Waals surface area contributed by atoms with Crippen molar-refractivity contribution in [3.8, 4) is 0 Å². The monoisotopic (exact) mass is 302 g/mol. The van der Waals surface area contributed by atoms with Crippen molar-refractivity contribution < 1.29 is 4.39 Å². The quantitative estimate of drug-likeness (QED) is 0.940. The first kappa shape index (κ1) is 16.0. The average Bonchev–Trinajstić information content (AvgIpc) is 2.46. The van der Waals surface area contributed by atoms with Gasteiger partial charge >= 0.3 is 0 Å². The maximum absolute atomic E-state index is 13.2. The van der Waals surface area contributed by atoms with E-state index in [1.807, 2.05) is 12.1 Å². The van der Waals surface area contributed by atoms with Crippen molar-refractivity contribution in [1.82, 2.24) is 14.5 Å². The maximum atomic E-state index is 13.2. The van der Waals surface area contributed by atoms with E-state index >= 15 is 0 Å². The molecule has 6 heteroatoms.